The molecule has 1 aromatic heterocycles. The SMILES string of the molecule is CC(C)(C)ONC(=O)c1ccc(-n2cccc2)cc1. The smallest absolute Gasteiger partial charge is 0.274 e. The summed E-state index contributed by atoms with van der Waals surface area (Å²) in [5, 5.41) is 0. The Bertz CT molecular complexity index is 537. The van der Waals surface area contributed by atoms with Gasteiger partial charge in [0.15, 0.2) is 0 Å². The molecule has 0 fully saturated rings. The highest BCUT2D eigenvalue weighted by Crippen LogP contribution is 2.11. The number of carbonyl (C=O) groups is 1. The van der Waals surface area contributed by atoms with Crippen LogP contribution in [0.15, 0.2) is 48.8 Å². The van der Waals surface area contributed by atoms with Crippen LogP contribution in [0.4, 0.5) is 0 Å². The Balaban J connectivity index is 2.04. The Labute approximate surface area is 113 Å². The van der Waals surface area contributed by atoms with Gasteiger partial charge in [0.25, 0.3) is 5.91 Å². The summed E-state index contributed by atoms with van der Waals surface area (Å²) in [5.74, 6) is -0.242. The van der Waals surface area contributed by atoms with Gasteiger partial charge in [-0.15, -0.1) is 0 Å². The molecule has 0 aliphatic rings. The molecule has 1 N–H and O–H groups in total. The van der Waals surface area contributed by atoms with Crippen molar-refractivity contribution in [2.24, 2.45) is 0 Å². The zero-order chi connectivity index (χ0) is 13.9. The van der Waals surface area contributed by atoms with Gasteiger partial charge in [-0.3, -0.25) is 9.63 Å². The highest BCUT2D eigenvalue weighted by atomic mass is 16.7. The Morgan fingerprint density at radius 2 is 1.68 bits per heavy atom. The monoisotopic (exact) mass is 258 g/mol. The minimum absolute atomic E-state index is 0.242. The van der Waals surface area contributed by atoms with Gasteiger partial charge >= 0.3 is 0 Å². The van der Waals surface area contributed by atoms with E-state index in [1.165, 1.54) is 0 Å². The van der Waals surface area contributed by atoms with Gasteiger partial charge in [-0.1, -0.05) is 0 Å². The lowest BCUT2D eigenvalue weighted by atomic mass is 10.2. The average molecular weight is 258 g/mol. The molecule has 0 aliphatic carbocycles. The normalized spacial score (nSPS) is 11.3. The van der Waals surface area contributed by atoms with Crippen molar-refractivity contribution in [2.75, 3.05) is 0 Å². The average Bonchev–Trinajstić information content (AvgIpc) is 2.89. The summed E-state index contributed by atoms with van der Waals surface area (Å²) in [7, 11) is 0. The molecule has 100 valence electrons. The van der Waals surface area contributed by atoms with Crippen LogP contribution in [-0.4, -0.2) is 16.1 Å². The number of nitrogens with zero attached hydrogens (tertiary/aromatic N) is 1. The maximum Gasteiger partial charge on any atom is 0.274 e. The van der Waals surface area contributed by atoms with Gasteiger partial charge in [-0.2, -0.15) is 0 Å². The predicted octanol–water partition coefficient (Wildman–Crippen LogP) is 2.94. The molecule has 1 aromatic carbocycles. The molecule has 4 nitrogen and oxygen atoms in total. The van der Waals surface area contributed by atoms with E-state index in [0.29, 0.717) is 5.56 Å². The van der Waals surface area contributed by atoms with Crippen LogP contribution in [0.1, 0.15) is 31.1 Å². The van der Waals surface area contributed by atoms with Gasteiger partial charge in [0.2, 0.25) is 0 Å². The lowest BCUT2D eigenvalue weighted by Crippen LogP contribution is -2.33. The van der Waals surface area contributed by atoms with Crippen molar-refractivity contribution in [3.8, 4) is 5.69 Å². The second-order valence-electron chi connectivity index (χ2n) is 5.28. The maximum atomic E-state index is 11.8. The molecule has 0 aliphatic heterocycles. The minimum atomic E-state index is -0.402. The summed E-state index contributed by atoms with van der Waals surface area (Å²) in [4.78, 5) is 17.1. The quantitative estimate of drug-likeness (QED) is 0.860. The lowest BCUT2D eigenvalue weighted by molar-refractivity contribution is -0.0589. The number of aromatic nitrogens is 1. The number of hydroxylamine groups is 1. The minimum Gasteiger partial charge on any atom is -0.324 e. The number of rotatable bonds is 3. The van der Waals surface area contributed by atoms with Crippen molar-refractivity contribution in [3.63, 3.8) is 0 Å². The number of amides is 1. The van der Waals surface area contributed by atoms with Crippen LogP contribution in [0.25, 0.3) is 5.69 Å². The predicted molar refractivity (Wildman–Crippen MR) is 74.1 cm³/mol. The first-order chi connectivity index (χ1) is 8.96. The molecule has 1 amide bonds. The van der Waals surface area contributed by atoms with Crippen molar-refractivity contribution in [1.29, 1.82) is 0 Å². The van der Waals surface area contributed by atoms with Gasteiger partial charge < -0.3 is 4.57 Å². The van der Waals surface area contributed by atoms with Crippen molar-refractivity contribution in [2.45, 2.75) is 26.4 Å². The molecule has 0 unspecified atom stereocenters. The second-order valence-corrected chi connectivity index (χ2v) is 5.28. The zero-order valence-electron chi connectivity index (χ0n) is 11.4. The fraction of sp³-hybridized carbons (Fsp3) is 0.267. The van der Waals surface area contributed by atoms with E-state index >= 15 is 0 Å². The zero-order valence-corrected chi connectivity index (χ0v) is 11.4. The Kier molecular flexibility index (Phi) is 3.71. The molecule has 1 heterocycles. The van der Waals surface area contributed by atoms with Crippen molar-refractivity contribution >= 4 is 5.91 Å². The third-order valence-corrected chi connectivity index (χ3v) is 2.48. The summed E-state index contributed by atoms with van der Waals surface area (Å²) in [6, 6.07) is 11.3. The first kappa shape index (κ1) is 13.4. The van der Waals surface area contributed by atoms with Crippen molar-refractivity contribution < 1.29 is 9.63 Å². The van der Waals surface area contributed by atoms with E-state index in [4.69, 9.17) is 4.84 Å². The molecule has 2 rings (SSSR count). The highest BCUT2D eigenvalue weighted by molar-refractivity contribution is 5.93. The van der Waals surface area contributed by atoms with Crippen LogP contribution in [0.2, 0.25) is 0 Å². The van der Waals surface area contributed by atoms with Gasteiger partial charge in [0.05, 0.1) is 5.60 Å². The fourth-order valence-corrected chi connectivity index (χ4v) is 1.55. The topological polar surface area (TPSA) is 43.3 Å². The Hall–Kier alpha value is -2.07. The van der Waals surface area contributed by atoms with E-state index in [-0.39, 0.29) is 5.91 Å². The number of carbonyl (C=O) groups excluding carboxylic acids is 1. The lowest BCUT2D eigenvalue weighted by Gasteiger charge is -2.18. The summed E-state index contributed by atoms with van der Waals surface area (Å²) < 4.78 is 1.98. The van der Waals surface area contributed by atoms with E-state index < -0.39 is 5.60 Å². The molecule has 0 radical (unpaired) electrons. The van der Waals surface area contributed by atoms with Crippen LogP contribution in [-0.2, 0) is 4.84 Å². The first-order valence-electron chi connectivity index (χ1n) is 6.17. The van der Waals surface area contributed by atoms with Gasteiger partial charge in [-0.05, 0) is 57.2 Å². The standard InChI is InChI=1S/C15H18N2O2/c1-15(2,3)19-16-14(18)12-6-8-13(9-7-12)17-10-4-5-11-17/h4-11H,1-3H3,(H,16,18). The van der Waals surface area contributed by atoms with Gasteiger partial charge in [-0.25, -0.2) is 5.48 Å². The van der Waals surface area contributed by atoms with Crippen LogP contribution in [0, 0.1) is 0 Å². The Morgan fingerprint density at radius 3 is 2.21 bits per heavy atom. The molecule has 2 aromatic rings. The van der Waals surface area contributed by atoms with Gasteiger partial charge in [0.1, 0.15) is 0 Å². The molecule has 0 saturated carbocycles. The highest BCUT2D eigenvalue weighted by Gasteiger charge is 2.13. The van der Waals surface area contributed by atoms with E-state index in [1.807, 2.05) is 62.0 Å². The summed E-state index contributed by atoms with van der Waals surface area (Å²) in [5.41, 5.74) is 3.63. The molecule has 0 atom stereocenters. The summed E-state index contributed by atoms with van der Waals surface area (Å²) >= 11 is 0. The van der Waals surface area contributed by atoms with Crippen molar-refractivity contribution in [3.05, 3.63) is 54.4 Å². The van der Waals surface area contributed by atoms with Crippen LogP contribution >= 0.6 is 0 Å². The van der Waals surface area contributed by atoms with E-state index in [2.05, 4.69) is 5.48 Å². The third kappa shape index (κ3) is 3.69. The first-order valence-corrected chi connectivity index (χ1v) is 6.17. The summed E-state index contributed by atoms with van der Waals surface area (Å²) in [6.45, 7) is 5.63. The van der Waals surface area contributed by atoms with E-state index in [0.717, 1.165) is 5.69 Å². The summed E-state index contributed by atoms with van der Waals surface area (Å²) in [6.07, 6.45) is 3.91. The molecule has 0 bridgehead atoms. The number of hydrogen-bond donors (Lipinski definition) is 1. The number of hydrogen-bond acceptors (Lipinski definition) is 2. The molecular formula is C15H18N2O2. The molecule has 0 saturated heterocycles. The molecule has 4 heteroatoms. The third-order valence-electron chi connectivity index (χ3n) is 2.48. The van der Waals surface area contributed by atoms with Gasteiger partial charge in [0, 0.05) is 23.6 Å². The molecule has 19 heavy (non-hydrogen) atoms. The maximum absolute atomic E-state index is 11.8. The van der Waals surface area contributed by atoms with E-state index in [9.17, 15) is 4.79 Å². The second kappa shape index (κ2) is 5.28. The van der Waals surface area contributed by atoms with Crippen LogP contribution in [0.5, 0.6) is 0 Å². The number of benzene rings is 1. The molecule has 0 spiro atoms. The van der Waals surface area contributed by atoms with Crippen LogP contribution < -0.4 is 5.48 Å². The van der Waals surface area contributed by atoms with Crippen LogP contribution in [0.3, 0.4) is 0 Å². The fourth-order valence-electron chi connectivity index (χ4n) is 1.55. The molecular weight excluding hydrogens is 240 g/mol. The number of nitrogens with one attached hydrogen (secondary N) is 1. The van der Waals surface area contributed by atoms with E-state index in [1.54, 1.807) is 12.1 Å². The van der Waals surface area contributed by atoms with Crippen molar-refractivity contribution in [1.82, 2.24) is 10.0 Å². The largest absolute Gasteiger partial charge is 0.324 e. The Morgan fingerprint density at radius 1 is 1.11 bits per heavy atom.